The Hall–Kier alpha value is -2.93. The van der Waals surface area contributed by atoms with Crippen LogP contribution in [0.25, 0.3) is 16.3 Å². The van der Waals surface area contributed by atoms with Crippen molar-refractivity contribution in [3.63, 3.8) is 0 Å². The quantitative estimate of drug-likeness (QED) is 0.411. The first-order valence-corrected chi connectivity index (χ1v) is 10.7. The van der Waals surface area contributed by atoms with Crippen LogP contribution in [-0.4, -0.2) is 59.2 Å². The lowest BCUT2D eigenvalue weighted by Gasteiger charge is -2.26. The Kier molecular flexibility index (Phi) is 7.74. The summed E-state index contributed by atoms with van der Waals surface area (Å²) in [5.41, 5.74) is -2.23. The van der Waals surface area contributed by atoms with E-state index in [0.717, 1.165) is 18.2 Å². The number of aliphatic hydroxyl groups is 3. The molecule has 0 amide bonds. The predicted molar refractivity (Wildman–Crippen MR) is 117 cm³/mol. The van der Waals surface area contributed by atoms with E-state index < -0.39 is 54.8 Å². The van der Waals surface area contributed by atoms with Crippen molar-refractivity contribution in [2.45, 2.75) is 44.1 Å². The van der Waals surface area contributed by atoms with Gasteiger partial charge in [-0.1, -0.05) is 36.4 Å². The molecule has 176 valence electrons. The van der Waals surface area contributed by atoms with E-state index in [9.17, 15) is 33.4 Å². The zero-order chi connectivity index (χ0) is 24.2. The maximum Gasteiger partial charge on any atom is 0.418 e. The molecule has 1 heterocycles. The summed E-state index contributed by atoms with van der Waals surface area (Å²) in [5.74, 6) is -1.09. The van der Waals surface area contributed by atoms with Gasteiger partial charge in [0.05, 0.1) is 24.0 Å². The average molecular weight is 462 g/mol. The van der Waals surface area contributed by atoms with Crippen LogP contribution in [-0.2, 0) is 4.79 Å². The van der Waals surface area contributed by atoms with Crippen LogP contribution in [0.1, 0.15) is 31.2 Å². The molecule has 0 aliphatic carbocycles. The molecule has 9 heteroatoms. The van der Waals surface area contributed by atoms with Crippen molar-refractivity contribution in [1.29, 1.82) is 5.26 Å². The van der Waals surface area contributed by atoms with E-state index in [2.05, 4.69) is 0 Å². The molecule has 6 nitrogen and oxygen atoms in total. The number of ketones is 1. The molecule has 1 aliphatic heterocycles. The van der Waals surface area contributed by atoms with Crippen LogP contribution in [0.4, 0.5) is 18.9 Å². The summed E-state index contributed by atoms with van der Waals surface area (Å²) >= 11 is 0. The van der Waals surface area contributed by atoms with Crippen LogP contribution in [0.15, 0.2) is 42.0 Å². The normalized spacial score (nSPS) is 16.9. The van der Waals surface area contributed by atoms with Gasteiger partial charge >= 0.3 is 6.18 Å². The van der Waals surface area contributed by atoms with Gasteiger partial charge in [0, 0.05) is 30.5 Å². The van der Waals surface area contributed by atoms with E-state index in [0.29, 0.717) is 24.2 Å². The fourth-order valence-electron chi connectivity index (χ4n) is 4.14. The van der Waals surface area contributed by atoms with Crippen LogP contribution < -0.4 is 4.90 Å². The molecule has 3 rings (SSSR count). The number of alkyl halides is 3. The summed E-state index contributed by atoms with van der Waals surface area (Å²) in [6.45, 7) is 0.362. The third-order valence-electron chi connectivity index (χ3n) is 5.81. The Morgan fingerprint density at radius 1 is 1.09 bits per heavy atom. The fourth-order valence-corrected chi connectivity index (χ4v) is 4.14. The third-order valence-corrected chi connectivity index (χ3v) is 5.81. The highest BCUT2D eigenvalue weighted by Crippen LogP contribution is 2.44. The first kappa shape index (κ1) is 24.7. The van der Waals surface area contributed by atoms with Crippen LogP contribution in [0, 0.1) is 11.3 Å². The van der Waals surface area contributed by atoms with E-state index >= 15 is 0 Å². The molecule has 1 aliphatic rings. The lowest BCUT2D eigenvalue weighted by atomic mass is 9.91. The van der Waals surface area contributed by atoms with Gasteiger partial charge in [-0.25, -0.2) is 0 Å². The van der Waals surface area contributed by atoms with Crippen molar-refractivity contribution in [2.24, 2.45) is 0 Å². The molecule has 3 N–H and O–H groups in total. The number of halogens is 3. The van der Waals surface area contributed by atoms with Crippen molar-refractivity contribution in [1.82, 2.24) is 0 Å². The molecule has 2 aromatic carbocycles. The van der Waals surface area contributed by atoms with Crippen LogP contribution in [0.3, 0.4) is 0 Å². The molecule has 0 radical (unpaired) electrons. The molecular weight excluding hydrogens is 437 g/mol. The second-order valence-electron chi connectivity index (χ2n) is 8.02. The highest BCUT2D eigenvalue weighted by Gasteiger charge is 2.41. The van der Waals surface area contributed by atoms with Gasteiger partial charge in [0.25, 0.3) is 0 Å². The average Bonchev–Trinajstić information content (AvgIpc) is 3.33. The van der Waals surface area contributed by atoms with Gasteiger partial charge in [0.1, 0.15) is 17.7 Å². The smallest absolute Gasteiger partial charge is 0.394 e. The standard InChI is InChI=1S/C24H25F3N2O4/c25-24(26,27)22(18(13-28)19(31)9-10-20(32)21(33)14-30)17-8-7-15-5-1-2-6-16(15)23(17)29-11-3-4-12-29/h1-2,5-8,20-21,30,32-33H,3-4,9-12,14H2/b22-18-. The van der Waals surface area contributed by atoms with Crippen molar-refractivity contribution in [2.75, 3.05) is 24.6 Å². The molecule has 1 saturated heterocycles. The van der Waals surface area contributed by atoms with E-state index in [4.69, 9.17) is 5.11 Å². The molecule has 33 heavy (non-hydrogen) atoms. The number of hydrogen-bond donors (Lipinski definition) is 3. The second-order valence-corrected chi connectivity index (χ2v) is 8.02. The van der Waals surface area contributed by atoms with E-state index in [1.54, 1.807) is 24.3 Å². The van der Waals surface area contributed by atoms with Crippen LogP contribution in [0.2, 0.25) is 0 Å². The lowest BCUT2D eigenvalue weighted by Crippen LogP contribution is -2.30. The summed E-state index contributed by atoms with van der Waals surface area (Å²) in [5, 5.41) is 39.0. The minimum absolute atomic E-state index is 0.232. The molecule has 2 atom stereocenters. The summed E-state index contributed by atoms with van der Waals surface area (Å²) in [6, 6.07) is 11.3. The number of benzene rings is 2. The van der Waals surface area contributed by atoms with Crippen LogP contribution in [0.5, 0.6) is 0 Å². The van der Waals surface area contributed by atoms with Gasteiger partial charge < -0.3 is 20.2 Å². The molecule has 0 aromatic heterocycles. The number of nitrogens with zero attached hydrogens (tertiary/aromatic N) is 2. The second kappa shape index (κ2) is 10.3. The fraction of sp³-hybridized carbons (Fsp3) is 0.417. The molecule has 0 bridgehead atoms. The largest absolute Gasteiger partial charge is 0.418 e. The van der Waals surface area contributed by atoms with Gasteiger partial charge in [-0.2, -0.15) is 18.4 Å². The van der Waals surface area contributed by atoms with Crippen molar-refractivity contribution < 1.29 is 33.3 Å². The number of nitriles is 1. The number of carbonyl (C=O) groups excluding carboxylic acids is 1. The van der Waals surface area contributed by atoms with Crippen molar-refractivity contribution >= 4 is 27.8 Å². The monoisotopic (exact) mass is 462 g/mol. The molecule has 2 aromatic rings. The first-order valence-electron chi connectivity index (χ1n) is 10.7. The Morgan fingerprint density at radius 3 is 2.36 bits per heavy atom. The minimum atomic E-state index is -4.99. The first-order chi connectivity index (χ1) is 15.7. The number of Topliss-reactive ketones (excluding diaryl/α,β-unsaturated/α-hetero) is 1. The number of allylic oxidation sites excluding steroid dienone is 2. The Morgan fingerprint density at radius 2 is 1.76 bits per heavy atom. The Balaban J connectivity index is 2.16. The zero-order valence-electron chi connectivity index (χ0n) is 17.8. The SMILES string of the molecule is N#C/C(C(=O)CCC(O)C(O)CO)=C(\c1ccc2ccccc2c1N1CCCC1)C(F)(F)F. The predicted octanol–water partition coefficient (Wildman–Crippen LogP) is 3.34. The summed E-state index contributed by atoms with van der Waals surface area (Å²) < 4.78 is 43.0. The van der Waals surface area contributed by atoms with Gasteiger partial charge in [-0.05, 0) is 24.6 Å². The highest BCUT2D eigenvalue weighted by molar-refractivity contribution is 6.10. The highest BCUT2D eigenvalue weighted by atomic mass is 19.4. The minimum Gasteiger partial charge on any atom is -0.394 e. The number of aliphatic hydroxyl groups excluding tert-OH is 3. The van der Waals surface area contributed by atoms with Crippen molar-refractivity contribution in [3.8, 4) is 6.07 Å². The number of carbonyl (C=O) groups is 1. The molecule has 0 spiro atoms. The summed E-state index contributed by atoms with van der Waals surface area (Å²) in [6.07, 6.45) is -7.36. The maximum atomic E-state index is 14.3. The number of rotatable bonds is 8. The van der Waals surface area contributed by atoms with Gasteiger partial charge in [-0.15, -0.1) is 0 Å². The van der Waals surface area contributed by atoms with E-state index in [-0.39, 0.29) is 5.56 Å². The number of anilines is 1. The van der Waals surface area contributed by atoms with Crippen molar-refractivity contribution in [3.05, 3.63) is 47.5 Å². The molecule has 0 saturated carbocycles. The zero-order valence-corrected chi connectivity index (χ0v) is 17.8. The topological polar surface area (TPSA) is 105 Å². The van der Waals surface area contributed by atoms with Gasteiger partial charge in [-0.3, -0.25) is 4.79 Å². The van der Waals surface area contributed by atoms with Gasteiger partial charge in [0.15, 0.2) is 5.78 Å². The maximum absolute atomic E-state index is 14.3. The molecule has 2 unspecified atom stereocenters. The van der Waals surface area contributed by atoms with Crippen LogP contribution >= 0.6 is 0 Å². The number of hydrogen-bond acceptors (Lipinski definition) is 6. The summed E-state index contributed by atoms with van der Waals surface area (Å²) in [4.78, 5) is 14.5. The third kappa shape index (κ3) is 5.36. The molecule has 1 fully saturated rings. The molecular formula is C24H25F3N2O4. The summed E-state index contributed by atoms with van der Waals surface area (Å²) in [7, 11) is 0. The van der Waals surface area contributed by atoms with E-state index in [1.165, 1.54) is 18.2 Å². The lowest BCUT2D eigenvalue weighted by molar-refractivity contribution is -0.116. The number of fused-ring (bicyclic) bond motifs is 1. The Bertz CT molecular complexity index is 1090. The van der Waals surface area contributed by atoms with Gasteiger partial charge in [0.2, 0.25) is 0 Å². The van der Waals surface area contributed by atoms with E-state index in [1.807, 2.05) is 4.90 Å². The Labute approximate surface area is 189 Å².